The highest BCUT2D eigenvalue weighted by molar-refractivity contribution is 6.30. The number of halogens is 1. The maximum absolute atomic E-state index is 12.0. The quantitative estimate of drug-likeness (QED) is 0.891. The van der Waals surface area contributed by atoms with Gasteiger partial charge in [0, 0.05) is 17.1 Å². The molecule has 1 fully saturated rings. The fourth-order valence-corrected chi connectivity index (χ4v) is 2.52. The summed E-state index contributed by atoms with van der Waals surface area (Å²) in [5.41, 5.74) is 0.544. The number of aryl methyl sites for hydroxylation is 1. The Morgan fingerprint density at radius 2 is 2.11 bits per heavy atom. The van der Waals surface area contributed by atoms with Crippen LogP contribution in [0, 0.1) is 12.3 Å². The van der Waals surface area contributed by atoms with Gasteiger partial charge in [-0.1, -0.05) is 18.0 Å². The normalized spacial score (nSPS) is 16.5. The molecular formula is C14H16ClNO3. The molecule has 1 amide bonds. The van der Waals surface area contributed by atoms with E-state index < -0.39 is 11.4 Å². The summed E-state index contributed by atoms with van der Waals surface area (Å²) < 4.78 is 0. The van der Waals surface area contributed by atoms with Crippen LogP contribution in [0.2, 0.25) is 5.02 Å². The SMILES string of the molecule is Cc1cc(Cl)ccc1C(=O)NCC1(C(=O)O)CCC1. The van der Waals surface area contributed by atoms with Gasteiger partial charge in [0.15, 0.2) is 0 Å². The molecule has 1 aliphatic rings. The number of carboxylic acid groups (broad SMARTS) is 1. The van der Waals surface area contributed by atoms with E-state index in [1.54, 1.807) is 25.1 Å². The zero-order valence-corrected chi connectivity index (χ0v) is 11.5. The molecule has 1 aliphatic carbocycles. The summed E-state index contributed by atoms with van der Waals surface area (Å²) >= 11 is 5.84. The van der Waals surface area contributed by atoms with Crippen LogP contribution in [0.15, 0.2) is 18.2 Å². The molecule has 0 aromatic heterocycles. The van der Waals surface area contributed by atoms with Gasteiger partial charge in [-0.05, 0) is 43.5 Å². The molecule has 0 spiro atoms. The van der Waals surface area contributed by atoms with Crippen molar-refractivity contribution in [2.45, 2.75) is 26.2 Å². The van der Waals surface area contributed by atoms with Gasteiger partial charge in [-0.15, -0.1) is 0 Å². The fraction of sp³-hybridized carbons (Fsp3) is 0.429. The summed E-state index contributed by atoms with van der Waals surface area (Å²) in [7, 11) is 0. The van der Waals surface area contributed by atoms with Crippen LogP contribution in [0.4, 0.5) is 0 Å². The second-order valence-corrected chi connectivity index (χ2v) is 5.52. The Bertz CT molecular complexity index is 523. The standard InChI is InChI=1S/C14H16ClNO3/c1-9-7-10(15)3-4-11(9)12(17)16-8-14(13(18)19)5-2-6-14/h3-4,7H,2,5-6,8H2,1H3,(H,16,17)(H,18,19). The highest BCUT2D eigenvalue weighted by atomic mass is 35.5. The average molecular weight is 282 g/mol. The topological polar surface area (TPSA) is 66.4 Å². The van der Waals surface area contributed by atoms with Crippen molar-refractivity contribution in [3.63, 3.8) is 0 Å². The Morgan fingerprint density at radius 1 is 1.42 bits per heavy atom. The summed E-state index contributed by atoms with van der Waals surface area (Å²) in [6.45, 7) is 1.99. The van der Waals surface area contributed by atoms with Crippen molar-refractivity contribution >= 4 is 23.5 Å². The first-order chi connectivity index (χ1) is 8.94. The second kappa shape index (κ2) is 5.21. The predicted molar refractivity (Wildman–Crippen MR) is 72.4 cm³/mol. The van der Waals surface area contributed by atoms with E-state index >= 15 is 0 Å². The first-order valence-corrected chi connectivity index (χ1v) is 6.60. The minimum absolute atomic E-state index is 0.184. The lowest BCUT2D eigenvalue weighted by atomic mass is 9.69. The van der Waals surface area contributed by atoms with Crippen LogP contribution in [-0.4, -0.2) is 23.5 Å². The van der Waals surface area contributed by atoms with Crippen molar-refractivity contribution in [3.8, 4) is 0 Å². The van der Waals surface area contributed by atoms with Crippen molar-refractivity contribution in [2.24, 2.45) is 5.41 Å². The number of rotatable bonds is 4. The van der Waals surface area contributed by atoms with Crippen molar-refractivity contribution in [2.75, 3.05) is 6.54 Å². The molecule has 0 aliphatic heterocycles. The van der Waals surface area contributed by atoms with E-state index in [4.69, 9.17) is 11.6 Å². The molecule has 102 valence electrons. The highest BCUT2D eigenvalue weighted by Gasteiger charge is 2.44. The first-order valence-electron chi connectivity index (χ1n) is 6.22. The summed E-state index contributed by atoms with van der Waals surface area (Å²) in [6, 6.07) is 5.02. The van der Waals surface area contributed by atoms with Crippen LogP contribution in [0.25, 0.3) is 0 Å². The van der Waals surface area contributed by atoms with E-state index in [0.29, 0.717) is 23.4 Å². The molecule has 4 nitrogen and oxygen atoms in total. The zero-order valence-electron chi connectivity index (χ0n) is 10.7. The lowest BCUT2D eigenvalue weighted by Gasteiger charge is -2.37. The third kappa shape index (κ3) is 2.73. The number of aliphatic carboxylic acids is 1. The molecule has 5 heteroatoms. The molecule has 1 aromatic carbocycles. The highest BCUT2D eigenvalue weighted by Crippen LogP contribution is 2.40. The molecule has 0 saturated heterocycles. The summed E-state index contributed by atoms with van der Waals surface area (Å²) in [5, 5.41) is 12.5. The van der Waals surface area contributed by atoms with Gasteiger partial charge < -0.3 is 10.4 Å². The molecule has 0 atom stereocenters. The van der Waals surface area contributed by atoms with E-state index in [-0.39, 0.29) is 12.5 Å². The van der Waals surface area contributed by atoms with E-state index in [1.807, 2.05) is 0 Å². The van der Waals surface area contributed by atoms with Gasteiger partial charge in [-0.3, -0.25) is 9.59 Å². The van der Waals surface area contributed by atoms with Crippen LogP contribution < -0.4 is 5.32 Å². The monoisotopic (exact) mass is 281 g/mol. The molecule has 0 heterocycles. The van der Waals surface area contributed by atoms with E-state index in [0.717, 1.165) is 12.0 Å². The van der Waals surface area contributed by atoms with Crippen molar-refractivity contribution in [1.29, 1.82) is 0 Å². The molecular weight excluding hydrogens is 266 g/mol. The number of nitrogens with one attached hydrogen (secondary N) is 1. The lowest BCUT2D eigenvalue weighted by molar-refractivity contribution is -0.153. The van der Waals surface area contributed by atoms with Gasteiger partial charge in [0.25, 0.3) is 5.91 Å². The van der Waals surface area contributed by atoms with Crippen LogP contribution in [0.1, 0.15) is 35.2 Å². The number of carbonyl (C=O) groups excluding carboxylic acids is 1. The number of carboxylic acids is 1. The van der Waals surface area contributed by atoms with Gasteiger partial charge in [0.2, 0.25) is 0 Å². The lowest BCUT2D eigenvalue weighted by Crippen LogP contribution is -2.47. The molecule has 19 heavy (non-hydrogen) atoms. The molecule has 0 unspecified atom stereocenters. The number of carbonyl (C=O) groups is 2. The summed E-state index contributed by atoms with van der Waals surface area (Å²) in [5.74, 6) is -1.08. The van der Waals surface area contributed by atoms with Gasteiger partial charge >= 0.3 is 5.97 Å². The van der Waals surface area contributed by atoms with Crippen molar-refractivity contribution in [1.82, 2.24) is 5.32 Å². The van der Waals surface area contributed by atoms with Crippen LogP contribution in [-0.2, 0) is 4.79 Å². The Kier molecular flexibility index (Phi) is 3.80. The summed E-state index contributed by atoms with van der Waals surface area (Å²) in [4.78, 5) is 23.2. The molecule has 0 bridgehead atoms. The molecule has 0 radical (unpaired) electrons. The van der Waals surface area contributed by atoms with E-state index in [1.165, 1.54) is 0 Å². The summed E-state index contributed by atoms with van der Waals surface area (Å²) in [6.07, 6.45) is 2.16. The maximum Gasteiger partial charge on any atom is 0.311 e. The van der Waals surface area contributed by atoms with Crippen LogP contribution >= 0.6 is 11.6 Å². The minimum atomic E-state index is -0.827. The second-order valence-electron chi connectivity index (χ2n) is 5.08. The third-order valence-corrected chi connectivity index (χ3v) is 4.02. The number of hydrogen-bond donors (Lipinski definition) is 2. The van der Waals surface area contributed by atoms with E-state index in [9.17, 15) is 14.7 Å². The van der Waals surface area contributed by atoms with Crippen molar-refractivity contribution < 1.29 is 14.7 Å². The Morgan fingerprint density at radius 3 is 2.58 bits per heavy atom. The fourth-order valence-electron chi connectivity index (χ4n) is 2.30. The minimum Gasteiger partial charge on any atom is -0.481 e. The molecule has 1 saturated carbocycles. The van der Waals surface area contributed by atoms with Crippen molar-refractivity contribution in [3.05, 3.63) is 34.3 Å². The smallest absolute Gasteiger partial charge is 0.311 e. The number of benzene rings is 1. The van der Waals surface area contributed by atoms with Crippen LogP contribution in [0.3, 0.4) is 0 Å². The van der Waals surface area contributed by atoms with Crippen LogP contribution in [0.5, 0.6) is 0 Å². The van der Waals surface area contributed by atoms with Gasteiger partial charge in [-0.25, -0.2) is 0 Å². The largest absolute Gasteiger partial charge is 0.481 e. The Balaban J connectivity index is 2.03. The number of amides is 1. The van der Waals surface area contributed by atoms with Gasteiger partial charge in [-0.2, -0.15) is 0 Å². The Labute approximate surface area is 116 Å². The molecule has 2 rings (SSSR count). The first kappa shape index (κ1) is 13.9. The number of hydrogen-bond acceptors (Lipinski definition) is 2. The molecule has 1 aromatic rings. The molecule has 2 N–H and O–H groups in total. The average Bonchev–Trinajstić information content (AvgIpc) is 2.26. The predicted octanol–water partition coefficient (Wildman–Crippen LogP) is 2.63. The van der Waals surface area contributed by atoms with E-state index in [2.05, 4.69) is 5.32 Å². The van der Waals surface area contributed by atoms with Gasteiger partial charge in [0.1, 0.15) is 0 Å². The van der Waals surface area contributed by atoms with Gasteiger partial charge in [0.05, 0.1) is 5.41 Å². The zero-order chi connectivity index (χ0) is 14.0. The third-order valence-electron chi connectivity index (χ3n) is 3.78. The Hall–Kier alpha value is -1.55. The maximum atomic E-state index is 12.0.